The van der Waals surface area contributed by atoms with E-state index in [0.717, 1.165) is 18.7 Å². The van der Waals surface area contributed by atoms with Crippen LogP contribution in [0.15, 0.2) is 32.7 Å². The highest BCUT2D eigenvalue weighted by molar-refractivity contribution is 9.13. The van der Waals surface area contributed by atoms with Gasteiger partial charge in [0.15, 0.2) is 0 Å². The van der Waals surface area contributed by atoms with Crippen LogP contribution in [0.3, 0.4) is 0 Å². The fraction of sp³-hybridized carbons (Fsp3) is 0.182. The first-order valence-electron chi connectivity index (χ1n) is 4.90. The number of hydrogen-bond acceptors (Lipinski definition) is 4. The van der Waals surface area contributed by atoms with Crippen LogP contribution in [0.25, 0.3) is 0 Å². The van der Waals surface area contributed by atoms with Crippen molar-refractivity contribution in [3.63, 3.8) is 0 Å². The minimum Gasteiger partial charge on any atom is -0.387 e. The predicted molar refractivity (Wildman–Crippen MR) is 77.0 cm³/mol. The van der Waals surface area contributed by atoms with E-state index in [4.69, 9.17) is 5.73 Å². The average Bonchev–Trinajstić information content (AvgIpc) is 2.63. The van der Waals surface area contributed by atoms with E-state index < -0.39 is 6.10 Å². The van der Waals surface area contributed by atoms with Gasteiger partial charge in [0, 0.05) is 22.0 Å². The third-order valence-electron chi connectivity index (χ3n) is 2.33. The van der Waals surface area contributed by atoms with Gasteiger partial charge in [-0.3, -0.25) is 0 Å². The first-order valence-corrected chi connectivity index (χ1v) is 7.30. The lowest BCUT2D eigenvalue weighted by atomic mass is 10.1. The predicted octanol–water partition coefficient (Wildman–Crippen LogP) is 3.53. The van der Waals surface area contributed by atoms with E-state index in [2.05, 4.69) is 36.8 Å². The molecule has 2 aromatic heterocycles. The summed E-state index contributed by atoms with van der Waals surface area (Å²) in [4.78, 5) is 4.90. The summed E-state index contributed by atoms with van der Waals surface area (Å²) in [6.45, 7) is 0. The van der Waals surface area contributed by atoms with Gasteiger partial charge in [0.05, 0.1) is 9.89 Å². The Balaban J connectivity index is 2.17. The summed E-state index contributed by atoms with van der Waals surface area (Å²) in [5, 5.41) is 10.1. The van der Waals surface area contributed by atoms with Crippen LogP contribution in [0.4, 0.5) is 5.82 Å². The molecule has 0 saturated heterocycles. The van der Waals surface area contributed by atoms with Crippen molar-refractivity contribution in [3.8, 4) is 0 Å². The van der Waals surface area contributed by atoms with Gasteiger partial charge in [0.2, 0.25) is 0 Å². The molecule has 2 aromatic rings. The molecule has 17 heavy (non-hydrogen) atoms. The van der Waals surface area contributed by atoms with Crippen LogP contribution in [0, 0.1) is 0 Å². The second-order valence-electron chi connectivity index (χ2n) is 3.54. The molecule has 0 radical (unpaired) electrons. The Morgan fingerprint density at radius 3 is 2.82 bits per heavy atom. The lowest BCUT2D eigenvalue weighted by molar-refractivity contribution is 0.182. The highest BCUT2D eigenvalue weighted by Crippen LogP contribution is 2.36. The van der Waals surface area contributed by atoms with Gasteiger partial charge in [-0.15, -0.1) is 11.3 Å². The normalized spacial score (nSPS) is 12.6. The maximum Gasteiger partial charge on any atom is 0.126 e. The van der Waals surface area contributed by atoms with Gasteiger partial charge in [-0.25, -0.2) is 4.98 Å². The molecule has 1 atom stereocenters. The Morgan fingerprint density at radius 1 is 1.47 bits per heavy atom. The average molecular weight is 378 g/mol. The number of aliphatic hydroxyl groups excluding tert-OH is 1. The third-order valence-corrected chi connectivity index (χ3v) is 5.69. The summed E-state index contributed by atoms with van der Waals surface area (Å²) in [5.41, 5.74) is 6.61. The summed E-state index contributed by atoms with van der Waals surface area (Å²) in [6, 6.07) is 5.61. The van der Waals surface area contributed by atoms with Crippen molar-refractivity contribution in [2.45, 2.75) is 12.5 Å². The van der Waals surface area contributed by atoms with E-state index in [1.807, 2.05) is 18.2 Å². The molecule has 90 valence electrons. The van der Waals surface area contributed by atoms with Crippen LogP contribution in [0.1, 0.15) is 16.5 Å². The minimum absolute atomic E-state index is 0.471. The zero-order chi connectivity index (χ0) is 12.4. The Hall–Kier alpha value is -0.430. The van der Waals surface area contributed by atoms with E-state index in [-0.39, 0.29) is 0 Å². The van der Waals surface area contributed by atoms with Gasteiger partial charge in [0.1, 0.15) is 5.82 Å². The largest absolute Gasteiger partial charge is 0.387 e. The number of hydrogen-bond donors (Lipinski definition) is 2. The Labute approximate surface area is 120 Å². The number of anilines is 1. The van der Waals surface area contributed by atoms with E-state index in [9.17, 15) is 5.11 Å². The maximum absolute atomic E-state index is 10.1. The molecule has 0 aliphatic heterocycles. The highest BCUT2D eigenvalue weighted by atomic mass is 79.9. The van der Waals surface area contributed by atoms with Crippen LogP contribution in [0.5, 0.6) is 0 Å². The molecule has 0 spiro atoms. The molecule has 0 aliphatic rings. The molecule has 0 bridgehead atoms. The zero-order valence-corrected chi connectivity index (χ0v) is 12.7. The topological polar surface area (TPSA) is 59.1 Å². The van der Waals surface area contributed by atoms with Crippen molar-refractivity contribution in [1.29, 1.82) is 0 Å². The molecule has 3 nitrogen and oxygen atoms in total. The zero-order valence-electron chi connectivity index (χ0n) is 8.73. The number of nitrogens with zero attached hydrogens (tertiary/aromatic N) is 1. The molecule has 0 amide bonds. The van der Waals surface area contributed by atoms with E-state index in [1.165, 1.54) is 11.3 Å². The molecule has 2 heterocycles. The van der Waals surface area contributed by atoms with Crippen LogP contribution < -0.4 is 5.73 Å². The van der Waals surface area contributed by atoms with E-state index in [0.29, 0.717) is 12.2 Å². The number of aliphatic hydroxyl groups is 1. The van der Waals surface area contributed by atoms with Crippen molar-refractivity contribution in [2.75, 3.05) is 5.73 Å². The van der Waals surface area contributed by atoms with Gasteiger partial charge in [-0.2, -0.15) is 0 Å². The van der Waals surface area contributed by atoms with Crippen LogP contribution in [-0.4, -0.2) is 10.1 Å². The van der Waals surface area contributed by atoms with Gasteiger partial charge >= 0.3 is 0 Å². The second kappa shape index (κ2) is 5.48. The molecule has 6 heteroatoms. The monoisotopic (exact) mass is 376 g/mol. The van der Waals surface area contributed by atoms with Gasteiger partial charge in [0.25, 0.3) is 0 Å². The Morgan fingerprint density at radius 2 is 2.24 bits per heavy atom. The molecule has 0 saturated carbocycles. The summed E-state index contributed by atoms with van der Waals surface area (Å²) in [7, 11) is 0. The lowest BCUT2D eigenvalue weighted by Gasteiger charge is -2.09. The molecular weight excluding hydrogens is 368 g/mol. The Kier molecular flexibility index (Phi) is 4.19. The molecule has 0 aliphatic carbocycles. The van der Waals surface area contributed by atoms with Crippen LogP contribution in [-0.2, 0) is 6.42 Å². The number of halogens is 2. The smallest absolute Gasteiger partial charge is 0.126 e. The Bertz CT molecular complexity index is 510. The standard InChI is InChI=1S/C11H10Br2N2OS/c12-7-5-9(17-10(7)13)8(16)4-6-2-1-3-15-11(6)14/h1-3,5,8,16H,4H2,(H2,14,15). The molecule has 2 rings (SSSR count). The van der Waals surface area contributed by atoms with E-state index >= 15 is 0 Å². The highest BCUT2D eigenvalue weighted by Gasteiger charge is 2.15. The summed E-state index contributed by atoms with van der Waals surface area (Å²) >= 11 is 8.31. The third kappa shape index (κ3) is 3.07. The van der Waals surface area contributed by atoms with Crippen LogP contribution >= 0.6 is 43.2 Å². The number of pyridine rings is 1. The molecule has 1 unspecified atom stereocenters. The fourth-order valence-corrected chi connectivity index (χ4v) is 3.54. The van der Waals surface area contributed by atoms with Crippen molar-refractivity contribution < 1.29 is 5.11 Å². The molecular formula is C11H10Br2N2OS. The second-order valence-corrected chi connectivity index (χ2v) is 6.79. The quantitative estimate of drug-likeness (QED) is 0.860. The number of thiophene rings is 1. The molecule has 0 aromatic carbocycles. The number of rotatable bonds is 3. The molecule has 3 N–H and O–H groups in total. The number of aromatic nitrogens is 1. The van der Waals surface area contributed by atoms with Crippen molar-refractivity contribution >= 4 is 49.0 Å². The minimum atomic E-state index is -0.561. The van der Waals surface area contributed by atoms with Gasteiger partial charge < -0.3 is 10.8 Å². The fourth-order valence-electron chi connectivity index (χ4n) is 1.46. The van der Waals surface area contributed by atoms with E-state index in [1.54, 1.807) is 6.20 Å². The number of nitrogens with two attached hydrogens (primary N) is 1. The van der Waals surface area contributed by atoms with Gasteiger partial charge in [-0.1, -0.05) is 6.07 Å². The molecule has 0 fully saturated rings. The SMILES string of the molecule is Nc1ncccc1CC(O)c1cc(Br)c(Br)s1. The lowest BCUT2D eigenvalue weighted by Crippen LogP contribution is -2.03. The summed E-state index contributed by atoms with van der Waals surface area (Å²) in [5.74, 6) is 0.473. The number of nitrogen functional groups attached to an aromatic ring is 1. The first kappa shape index (κ1) is 13.0. The van der Waals surface area contributed by atoms with Crippen molar-refractivity contribution in [3.05, 3.63) is 43.1 Å². The van der Waals surface area contributed by atoms with Crippen molar-refractivity contribution in [1.82, 2.24) is 4.98 Å². The van der Waals surface area contributed by atoms with Gasteiger partial charge in [-0.05, 0) is 49.6 Å². The summed E-state index contributed by atoms with van der Waals surface area (Å²) < 4.78 is 1.93. The van der Waals surface area contributed by atoms with Crippen LogP contribution in [0.2, 0.25) is 0 Å². The first-order chi connectivity index (χ1) is 8.08. The van der Waals surface area contributed by atoms with Crippen molar-refractivity contribution in [2.24, 2.45) is 0 Å². The summed E-state index contributed by atoms with van der Waals surface area (Å²) in [6.07, 6.45) is 1.55. The maximum atomic E-state index is 10.1.